The van der Waals surface area contributed by atoms with E-state index in [0.717, 1.165) is 11.6 Å². The summed E-state index contributed by atoms with van der Waals surface area (Å²) in [5, 5.41) is 20.3. The lowest BCUT2D eigenvalue weighted by atomic mass is 10.1. The molecule has 1 N–H and O–H groups in total. The van der Waals surface area contributed by atoms with E-state index in [0.29, 0.717) is 10.8 Å². The summed E-state index contributed by atoms with van der Waals surface area (Å²) < 4.78 is 5.53. The lowest BCUT2D eigenvalue weighted by Gasteiger charge is -2.11. The number of hydrogen-bond acceptors (Lipinski definition) is 4. The number of nitro benzene ring substituents is 1. The van der Waals surface area contributed by atoms with Gasteiger partial charge in [-0.1, -0.05) is 17.7 Å². The monoisotopic (exact) mass is 307 g/mol. The van der Waals surface area contributed by atoms with Crippen LogP contribution in [-0.2, 0) is 0 Å². The highest BCUT2D eigenvalue weighted by Crippen LogP contribution is 2.32. The Kier molecular flexibility index (Phi) is 4.09. The van der Waals surface area contributed by atoms with Gasteiger partial charge in [-0.25, -0.2) is 4.79 Å². The summed E-state index contributed by atoms with van der Waals surface area (Å²) in [4.78, 5) is 21.2. The van der Waals surface area contributed by atoms with Crippen molar-refractivity contribution in [1.29, 1.82) is 0 Å². The van der Waals surface area contributed by atoms with Crippen LogP contribution in [0.5, 0.6) is 11.5 Å². The van der Waals surface area contributed by atoms with Crippen molar-refractivity contribution in [2.75, 3.05) is 0 Å². The molecule has 0 aliphatic rings. The second-order valence-corrected chi connectivity index (χ2v) is 4.69. The summed E-state index contributed by atoms with van der Waals surface area (Å²) in [6, 6.07) is 8.34. The highest BCUT2D eigenvalue weighted by molar-refractivity contribution is 6.30. The largest absolute Gasteiger partial charge is 0.478 e. The highest BCUT2D eigenvalue weighted by Gasteiger charge is 2.18. The van der Waals surface area contributed by atoms with Gasteiger partial charge in [0.15, 0.2) is 0 Å². The lowest BCUT2D eigenvalue weighted by Crippen LogP contribution is -2.02. The SMILES string of the molecule is Cc1ccc(Cl)cc1Oc1ccc([N+](=O)[O-])cc1C(=O)O. The summed E-state index contributed by atoms with van der Waals surface area (Å²) in [5.74, 6) is -0.911. The number of carboxylic acid groups (broad SMARTS) is 1. The van der Waals surface area contributed by atoms with Crippen molar-refractivity contribution in [2.24, 2.45) is 0 Å². The summed E-state index contributed by atoms with van der Waals surface area (Å²) in [7, 11) is 0. The normalized spacial score (nSPS) is 10.2. The Morgan fingerprint density at radius 1 is 1.24 bits per heavy atom. The van der Waals surface area contributed by atoms with Gasteiger partial charge in [0.2, 0.25) is 0 Å². The van der Waals surface area contributed by atoms with Gasteiger partial charge < -0.3 is 9.84 Å². The predicted molar refractivity (Wildman–Crippen MR) is 76.3 cm³/mol. The van der Waals surface area contributed by atoms with Crippen LogP contribution in [0.25, 0.3) is 0 Å². The number of rotatable bonds is 4. The Balaban J connectivity index is 2.46. The molecule has 0 heterocycles. The molecule has 0 amide bonds. The van der Waals surface area contributed by atoms with E-state index in [1.807, 2.05) is 0 Å². The maximum atomic E-state index is 11.2. The fourth-order valence-electron chi connectivity index (χ4n) is 1.69. The minimum atomic E-state index is -1.31. The van der Waals surface area contributed by atoms with Crippen LogP contribution in [-0.4, -0.2) is 16.0 Å². The molecule has 2 rings (SSSR count). The number of nitro groups is 1. The van der Waals surface area contributed by atoms with E-state index in [4.69, 9.17) is 21.4 Å². The molecule has 0 radical (unpaired) electrons. The standard InChI is InChI=1S/C14H10ClNO5/c1-8-2-3-9(15)6-13(8)21-12-5-4-10(16(19)20)7-11(12)14(17)18/h2-7H,1H3,(H,17,18). The van der Waals surface area contributed by atoms with Gasteiger partial charge in [0.05, 0.1) is 4.92 Å². The number of benzene rings is 2. The Hall–Kier alpha value is -2.60. The minimum absolute atomic E-state index is 0.0125. The van der Waals surface area contributed by atoms with E-state index in [-0.39, 0.29) is 17.0 Å². The molecular formula is C14H10ClNO5. The fraction of sp³-hybridized carbons (Fsp3) is 0.0714. The van der Waals surface area contributed by atoms with Gasteiger partial charge in [0.25, 0.3) is 5.69 Å². The third-order valence-corrected chi connectivity index (χ3v) is 3.01. The molecule has 6 nitrogen and oxygen atoms in total. The molecule has 108 valence electrons. The number of nitrogens with zero attached hydrogens (tertiary/aromatic N) is 1. The maximum Gasteiger partial charge on any atom is 0.339 e. The van der Waals surface area contributed by atoms with Gasteiger partial charge in [-0.2, -0.15) is 0 Å². The minimum Gasteiger partial charge on any atom is -0.478 e. The van der Waals surface area contributed by atoms with Crippen molar-refractivity contribution in [2.45, 2.75) is 6.92 Å². The first-order valence-corrected chi connectivity index (χ1v) is 6.22. The van der Waals surface area contributed by atoms with Crippen molar-refractivity contribution >= 4 is 23.3 Å². The second kappa shape index (κ2) is 5.80. The van der Waals surface area contributed by atoms with Crippen LogP contribution in [0.3, 0.4) is 0 Å². The lowest BCUT2D eigenvalue weighted by molar-refractivity contribution is -0.384. The Labute approximate surface area is 124 Å². The third kappa shape index (κ3) is 3.29. The molecule has 0 spiro atoms. The van der Waals surface area contributed by atoms with Crippen molar-refractivity contribution in [3.05, 3.63) is 62.7 Å². The Morgan fingerprint density at radius 2 is 1.95 bits per heavy atom. The van der Waals surface area contributed by atoms with Crippen molar-refractivity contribution in [1.82, 2.24) is 0 Å². The van der Waals surface area contributed by atoms with Gasteiger partial charge in [-0.05, 0) is 30.7 Å². The molecule has 0 unspecified atom stereocenters. The van der Waals surface area contributed by atoms with Crippen LogP contribution in [0.2, 0.25) is 5.02 Å². The highest BCUT2D eigenvalue weighted by atomic mass is 35.5. The van der Waals surface area contributed by atoms with E-state index < -0.39 is 10.9 Å². The molecular weight excluding hydrogens is 298 g/mol. The molecule has 7 heteroatoms. The number of hydrogen-bond donors (Lipinski definition) is 1. The number of non-ortho nitro benzene ring substituents is 1. The predicted octanol–water partition coefficient (Wildman–Crippen LogP) is 4.05. The quantitative estimate of drug-likeness (QED) is 0.680. The zero-order chi connectivity index (χ0) is 15.6. The summed E-state index contributed by atoms with van der Waals surface area (Å²) in [5.41, 5.74) is 0.153. The number of carboxylic acids is 1. The second-order valence-electron chi connectivity index (χ2n) is 4.25. The van der Waals surface area contributed by atoms with Crippen LogP contribution in [0, 0.1) is 17.0 Å². The molecule has 0 bridgehead atoms. The summed E-state index contributed by atoms with van der Waals surface area (Å²) >= 11 is 5.87. The van der Waals surface area contributed by atoms with E-state index in [2.05, 4.69) is 0 Å². The first kappa shape index (κ1) is 14.8. The summed E-state index contributed by atoms with van der Waals surface area (Å²) in [6.07, 6.45) is 0. The van der Waals surface area contributed by atoms with E-state index in [9.17, 15) is 14.9 Å². The van der Waals surface area contributed by atoms with Gasteiger partial charge >= 0.3 is 5.97 Å². The van der Waals surface area contributed by atoms with Crippen molar-refractivity contribution < 1.29 is 19.6 Å². The molecule has 0 saturated heterocycles. The summed E-state index contributed by atoms with van der Waals surface area (Å²) in [6.45, 7) is 1.78. The first-order valence-electron chi connectivity index (χ1n) is 5.84. The number of ether oxygens (including phenoxy) is 1. The molecule has 2 aromatic rings. The zero-order valence-electron chi connectivity index (χ0n) is 10.9. The van der Waals surface area contributed by atoms with Crippen LogP contribution in [0.4, 0.5) is 5.69 Å². The van der Waals surface area contributed by atoms with Gasteiger partial charge in [0.1, 0.15) is 17.1 Å². The third-order valence-electron chi connectivity index (χ3n) is 2.77. The molecule has 0 aliphatic heterocycles. The van der Waals surface area contributed by atoms with Crippen LogP contribution < -0.4 is 4.74 Å². The van der Waals surface area contributed by atoms with Crippen molar-refractivity contribution in [3.63, 3.8) is 0 Å². The van der Waals surface area contributed by atoms with Gasteiger partial charge in [-0.15, -0.1) is 0 Å². The van der Waals surface area contributed by atoms with E-state index in [1.165, 1.54) is 12.1 Å². The van der Waals surface area contributed by atoms with Crippen molar-refractivity contribution in [3.8, 4) is 11.5 Å². The van der Waals surface area contributed by atoms with Gasteiger partial charge in [-0.3, -0.25) is 10.1 Å². The van der Waals surface area contributed by atoms with Crippen LogP contribution in [0.15, 0.2) is 36.4 Å². The number of aryl methyl sites for hydroxylation is 1. The molecule has 0 atom stereocenters. The molecule has 0 aliphatic carbocycles. The first-order chi connectivity index (χ1) is 9.88. The molecule has 0 aromatic heterocycles. The topological polar surface area (TPSA) is 89.7 Å². The van der Waals surface area contributed by atoms with E-state index >= 15 is 0 Å². The van der Waals surface area contributed by atoms with Crippen LogP contribution in [0.1, 0.15) is 15.9 Å². The molecule has 2 aromatic carbocycles. The average Bonchev–Trinajstić information content (AvgIpc) is 2.42. The van der Waals surface area contributed by atoms with E-state index in [1.54, 1.807) is 25.1 Å². The molecule has 0 saturated carbocycles. The zero-order valence-corrected chi connectivity index (χ0v) is 11.6. The number of halogens is 1. The Morgan fingerprint density at radius 3 is 2.57 bits per heavy atom. The maximum absolute atomic E-state index is 11.2. The molecule has 21 heavy (non-hydrogen) atoms. The van der Waals surface area contributed by atoms with Gasteiger partial charge in [0, 0.05) is 17.2 Å². The molecule has 0 fully saturated rings. The number of aromatic carboxylic acids is 1. The fourth-order valence-corrected chi connectivity index (χ4v) is 1.85. The number of carbonyl (C=O) groups is 1. The Bertz CT molecular complexity index is 729. The van der Waals surface area contributed by atoms with Crippen LogP contribution >= 0.6 is 11.6 Å². The smallest absolute Gasteiger partial charge is 0.339 e. The average molecular weight is 308 g/mol.